The van der Waals surface area contributed by atoms with Gasteiger partial charge in [0.25, 0.3) is 11.8 Å². The number of aliphatic hydroxyl groups excluding tert-OH is 1. The van der Waals surface area contributed by atoms with E-state index in [0.29, 0.717) is 25.5 Å². The molecular formula is C23H25F2N3O5. The second kappa shape index (κ2) is 8.26. The predicted molar refractivity (Wildman–Crippen MR) is 114 cm³/mol. The average Bonchev–Trinajstić information content (AvgIpc) is 2.73. The Kier molecular flexibility index (Phi) is 5.73. The Hall–Kier alpha value is -3.27. The van der Waals surface area contributed by atoms with Crippen molar-refractivity contribution in [1.82, 2.24) is 14.8 Å². The number of halogens is 2. The molecule has 2 amide bonds. The molecular weight excluding hydrogens is 436 g/mol. The number of carbonyl (C=O) groups is 2. The summed E-state index contributed by atoms with van der Waals surface area (Å²) in [6, 6.07) is 2.73. The Labute approximate surface area is 188 Å². The molecule has 0 radical (unpaired) electrons. The molecule has 0 bridgehead atoms. The summed E-state index contributed by atoms with van der Waals surface area (Å²) in [4.78, 5) is 40.2. The highest BCUT2D eigenvalue weighted by Gasteiger charge is 2.52. The van der Waals surface area contributed by atoms with Gasteiger partial charge in [0.15, 0.2) is 11.4 Å². The maximum absolute atomic E-state index is 13.9. The van der Waals surface area contributed by atoms with Crippen molar-refractivity contribution < 1.29 is 28.6 Å². The van der Waals surface area contributed by atoms with E-state index in [9.17, 15) is 33.4 Å². The van der Waals surface area contributed by atoms with Crippen LogP contribution in [0.4, 0.5) is 8.78 Å². The van der Waals surface area contributed by atoms with Gasteiger partial charge in [-0.25, -0.2) is 8.78 Å². The number of aromatic nitrogens is 1. The number of pyridine rings is 1. The van der Waals surface area contributed by atoms with Gasteiger partial charge in [0, 0.05) is 43.6 Å². The van der Waals surface area contributed by atoms with Gasteiger partial charge < -0.3 is 25.0 Å². The summed E-state index contributed by atoms with van der Waals surface area (Å²) in [6.45, 7) is 3.64. The van der Waals surface area contributed by atoms with Gasteiger partial charge in [0.05, 0.1) is 5.54 Å². The molecule has 2 aliphatic rings. The van der Waals surface area contributed by atoms with Crippen LogP contribution in [-0.2, 0) is 12.1 Å². The van der Waals surface area contributed by atoms with Gasteiger partial charge in [0.1, 0.15) is 17.2 Å². The lowest BCUT2D eigenvalue weighted by molar-refractivity contribution is -0.0211. The molecule has 3 N–H and O–H groups in total. The molecule has 1 aromatic carbocycles. The number of nitrogens with zero attached hydrogens (tertiary/aromatic N) is 2. The minimum atomic E-state index is -1.01. The van der Waals surface area contributed by atoms with Crippen LogP contribution in [0.15, 0.2) is 29.2 Å². The number of carbonyl (C=O) groups excluding carboxylic acids is 2. The maximum atomic E-state index is 13.9. The van der Waals surface area contributed by atoms with Crippen LogP contribution in [0.2, 0.25) is 0 Å². The van der Waals surface area contributed by atoms with Crippen LogP contribution >= 0.6 is 0 Å². The normalized spacial score (nSPS) is 21.8. The fourth-order valence-corrected chi connectivity index (χ4v) is 4.77. The van der Waals surface area contributed by atoms with Crippen LogP contribution in [0.5, 0.6) is 5.75 Å². The largest absolute Gasteiger partial charge is 0.503 e. The van der Waals surface area contributed by atoms with Gasteiger partial charge in [-0.1, -0.05) is 6.07 Å². The summed E-state index contributed by atoms with van der Waals surface area (Å²) in [7, 11) is 0. The third kappa shape index (κ3) is 3.78. The highest BCUT2D eigenvalue weighted by molar-refractivity contribution is 5.99. The lowest BCUT2D eigenvalue weighted by Gasteiger charge is -2.55. The first-order valence-corrected chi connectivity index (χ1v) is 10.7. The van der Waals surface area contributed by atoms with E-state index in [1.54, 1.807) is 4.90 Å². The SMILES string of the molecule is CC(C)N1C[C@]2(C[C@H](CO)C2)n2cc(C(=O)NCc3ccc(F)cc3F)c(=O)c(O)c2C1=O. The van der Waals surface area contributed by atoms with Gasteiger partial charge in [-0.15, -0.1) is 0 Å². The first-order valence-electron chi connectivity index (χ1n) is 10.7. The van der Waals surface area contributed by atoms with E-state index in [4.69, 9.17) is 0 Å². The molecule has 1 aromatic heterocycles. The summed E-state index contributed by atoms with van der Waals surface area (Å²) in [5.41, 5.74) is -2.22. The smallest absolute Gasteiger partial charge is 0.274 e. The van der Waals surface area contributed by atoms with Crippen molar-refractivity contribution in [2.45, 2.75) is 44.8 Å². The van der Waals surface area contributed by atoms with Crippen molar-refractivity contribution in [3.05, 3.63) is 63.1 Å². The number of rotatable bonds is 5. The third-order valence-corrected chi connectivity index (χ3v) is 6.54. The molecule has 0 atom stereocenters. The number of hydrogen-bond acceptors (Lipinski definition) is 5. The van der Waals surface area contributed by atoms with Crippen molar-refractivity contribution in [1.29, 1.82) is 0 Å². The molecule has 2 aromatic rings. The van der Waals surface area contributed by atoms with Crippen LogP contribution in [-0.4, -0.2) is 50.7 Å². The standard InChI is InChI=1S/C23H25F2N3O5/c1-12(2)27-11-23(6-13(7-23)10-29)28-9-16(19(30)20(31)18(28)22(27)33)21(32)26-8-14-3-4-15(24)5-17(14)25/h3-5,9,12-13,29,31H,6-8,10-11H2,1-2H3,(H,26,32)/t13-,23+. The fourth-order valence-electron chi connectivity index (χ4n) is 4.77. The van der Waals surface area contributed by atoms with Crippen molar-refractivity contribution in [3.63, 3.8) is 0 Å². The Morgan fingerprint density at radius 1 is 1.27 bits per heavy atom. The number of benzene rings is 1. The molecule has 33 heavy (non-hydrogen) atoms. The van der Waals surface area contributed by atoms with E-state index in [1.165, 1.54) is 16.8 Å². The van der Waals surface area contributed by atoms with E-state index in [-0.39, 0.29) is 36.4 Å². The molecule has 0 unspecified atom stereocenters. The quantitative estimate of drug-likeness (QED) is 0.628. The maximum Gasteiger partial charge on any atom is 0.274 e. The highest BCUT2D eigenvalue weighted by Crippen LogP contribution is 2.48. The molecule has 1 aliphatic heterocycles. The van der Waals surface area contributed by atoms with E-state index in [0.717, 1.165) is 6.07 Å². The molecule has 1 fully saturated rings. The second-order valence-electron chi connectivity index (χ2n) is 9.07. The lowest BCUT2D eigenvalue weighted by atomic mass is 9.66. The van der Waals surface area contributed by atoms with E-state index >= 15 is 0 Å². The summed E-state index contributed by atoms with van der Waals surface area (Å²) in [5, 5.41) is 22.6. The second-order valence-corrected chi connectivity index (χ2v) is 9.07. The van der Waals surface area contributed by atoms with Crippen molar-refractivity contribution in [2.75, 3.05) is 13.2 Å². The monoisotopic (exact) mass is 461 g/mol. The third-order valence-electron chi connectivity index (χ3n) is 6.54. The summed E-state index contributed by atoms with van der Waals surface area (Å²) >= 11 is 0. The van der Waals surface area contributed by atoms with E-state index < -0.39 is 45.7 Å². The van der Waals surface area contributed by atoms with Gasteiger partial charge in [-0.2, -0.15) is 0 Å². The Morgan fingerprint density at radius 2 is 1.97 bits per heavy atom. The van der Waals surface area contributed by atoms with Crippen LogP contribution in [0.25, 0.3) is 0 Å². The summed E-state index contributed by atoms with van der Waals surface area (Å²) < 4.78 is 28.5. The first-order chi connectivity index (χ1) is 15.6. The minimum absolute atomic E-state index is 0.000336. The van der Waals surface area contributed by atoms with Crippen LogP contribution < -0.4 is 10.7 Å². The van der Waals surface area contributed by atoms with Crippen molar-refractivity contribution in [2.24, 2.45) is 5.92 Å². The molecule has 10 heteroatoms. The molecule has 176 valence electrons. The Balaban J connectivity index is 1.71. The van der Waals surface area contributed by atoms with E-state index in [2.05, 4.69) is 5.32 Å². The minimum Gasteiger partial charge on any atom is -0.503 e. The molecule has 1 spiro atoms. The molecule has 0 saturated heterocycles. The fraction of sp³-hybridized carbons (Fsp3) is 0.435. The number of hydrogen-bond donors (Lipinski definition) is 3. The van der Waals surface area contributed by atoms with Gasteiger partial charge in [-0.3, -0.25) is 14.4 Å². The Morgan fingerprint density at radius 3 is 2.58 bits per heavy atom. The summed E-state index contributed by atoms with van der Waals surface area (Å²) in [6.07, 6.45) is 2.28. The van der Waals surface area contributed by atoms with Crippen LogP contribution in [0, 0.1) is 17.6 Å². The molecule has 2 heterocycles. The van der Waals surface area contributed by atoms with Crippen molar-refractivity contribution >= 4 is 11.8 Å². The zero-order valence-corrected chi connectivity index (χ0v) is 18.3. The molecule has 8 nitrogen and oxygen atoms in total. The topological polar surface area (TPSA) is 112 Å². The predicted octanol–water partition coefficient (Wildman–Crippen LogP) is 1.72. The van der Waals surface area contributed by atoms with Crippen LogP contribution in [0.1, 0.15) is 53.1 Å². The van der Waals surface area contributed by atoms with Gasteiger partial charge in [-0.05, 0) is 38.7 Å². The zero-order chi connectivity index (χ0) is 24.1. The summed E-state index contributed by atoms with van der Waals surface area (Å²) in [5.74, 6) is -3.80. The number of aromatic hydroxyl groups is 1. The molecule has 1 aliphatic carbocycles. The van der Waals surface area contributed by atoms with Crippen molar-refractivity contribution in [3.8, 4) is 5.75 Å². The Bertz CT molecular complexity index is 1190. The van der Waals surface area contributed by atoms with Crippen LogP contribution in [0.3, 0.4) is 0 Å². The van der Waals surface area contributed by atoms with Gasteiger partial charge >= 0.3 is 0 Å². The number of aliphatic hydroxyl groups is 1. The number of nitrogens with one attached hydrogen (secondary N) is 1. The average molecular weight is 461 g/mol. The lowest BCUT2D eigenvalue weighted by Crippen LogP contribution is -2.62. The number of fused-ring (bicyclic) bond motifs is 2. The highest BCUT2D eigenvalue weighted by atomic mass is 19.1. The molecule has 1 saturated carbocycles. The zero-order valence-electron chi connectivity index (χ0n) is 18.3. The van der Waals surface area contributed by atoms with E-state index in [1.807, 2.05) is 13.8 Å². The van der Waals surface area contributed by atoms with Gasteiger partial charge in [0.2, 0.25) is 5.43 Å². The number of amides is 2. The first kappa shape index (κ1) is 22.9. The molecule has 4 rings (SSSR count).